The van der Waals surface area contributed by atoms with Crippen LogP contribution in [0.15, 0.2) is 36.4 Å². The van der Waals surface area contributed by atoms with Gasteiger partial charge in [-0.1, -0.05) is 11.6 Å². The molecule has 0 saturated carbocycles. The average Bonchev–Trinajstić information content (AvgIpc) is 2.82. The zero-order valence-corrected chi connectivity index (χ0v) is 13.1. The Morgan fingerprint density at radius 1 is 1.05 bits per heavy atom. The molecule has 1 N–H and O–H groups in total. The molecule has 0 fully saturated rings. The molecule has 4 nitrogen and oxygen atoms in total. The molecule has 3 aromatic rings. The predicted octanol–water partition coefficient (Wildman–Crippen LogP) is 4.36. The van der Waals surface area contributed by atoms with Crippen LogP contribution in [-0.2, 0) is 0 Å². The normalized spacial score (nSPS) is 10.8. The summed E-state index contributed by atoms with van der Waals surface area (Å²) in [6.45, 7) is 0. The van der Waals surface area contributed by atoms with Gasteiger partial charge in [-0.05, 0) is 36.5 Å². The molecule has 0 aliphatic rings. The van der Waals surface area contributed by atoms with E-state index < -0.39 is 0 Å². The van der Waals surface area contributed by atoms with Crippen LogP contribution < -0.4 is 9.47 Å². The summed E-state index contributed by atoms with van der Waals surface area (Å²) in [7, 11) is 3.25. The number of ether oxygens (including phenoxy) is 2. The first-order chi connectivity index (χ1) is 10.1. The van der Waals surface area contributed by atoms with Gasteiger partial charge in [-0.25, -0.2) is 0 Å². The first-order valence-electron chi connectivity index (χ1n) is 6.26. The van der Waals surface area contributed by atoms with Crippen LogP contribution in [0, 0.1) is 4.77 Å². The molecular formula is C15H13ClN2O2S. The molecule has 0 bridgehead atoms. The van der Waals surface area contributed by atoms with Gasteiger partial charge in [0.1, 0.15) is 11.5 Å². The van der Waals surface area contributed by atoms with E-state index in [0.29, 0.717) is 15.5 Å². The maximum Gasteiger partial charge on any atom is 0.182 e. The van der Waals surface area contributed by atoms with Crippen molar-refractivity contribution in [1.29, 1.82) is 0 Å². The van der Waals surface area contributed by atoms with Crippen molar-refractivity contribution in [2.24, 2.45) is 0 Å². The number of benzene rings is 2. The third-order valence-electron chi connectivity index (χ3n) is 3.28. The fraction of sp³-hybridized carbons (Fsp3) is 0.133. The number of imidazole rings is 1. The van der Waals surface area contributed by atoms with Crippen LogP contribution in [0.3, 0.4) is 0 Å². The van der Waals surface area contributed by atoms with E-state index in [4.69, 9.17) is 33.3 Å². The minimum Gasteiger partial charge on any atom is -0.497 e. The van der Waals surface area contributed by atoms with Crippen molar-refractivity contribution in [2.45, 2.75) is 0 Å². The molecular weight excluding hydrogens is 308 g/mol. The lowest BCUT2D eigenvalue weighted by atomic mass is 10.2. The second kappa shape index (κ2) is 5.42. The molecule has 0 unspecified atom stereocenters. The van der Waals surface area contributed by atoms with Gasteiger partial charge in [0, 0.05) is 12.1 Å². The second-order valence-electron chi connectivity index (χ2n) is 4.47. The van der Waals surface area contributed by atoms with Gasteiger partial charge in [-0.3, -0.25) is 4.57 Å². The first kappa shape index (κ1) is 14.0. The van der Waals surface area contributed by atoms with Crippen molar-refractivity contribution in [2.75, 3.05) is 14.2 Å². The quantitative estimate of drug-likeness (QED) is 0.729. The van der Waals surface area contributed by atoms with Crippen LogP contribution >= 0.6 is 23.8 Å². The van der Waals surface area contributed by atoms with E-state index in [1.165, 1.54) is 0 Å². The number of methoxy groups -OCH3 is 2. The van der Waals surface area contributed by atoms with E-state index in [-0.39, 0.29) is 0 Å². The monoisotopic (exact) mass is 320 g/mol. The molecule has 1 aromatic heterocycles. The summed E-state index contributed by atoms with van der Waals surface area (Å²) >= 11 is 11.7. The Morgan fingerprint density at radius 3 is 2.43 bits per heavy atom. The van der Waals surface area contributed by atoms with E-state index in [9.17, 15) is 0 Å². The SMILES string of the molecule is COc1ccc(Cl)c(-n2c(=S)[nH]c3ccc(OC)cc32)c1. The maximum atomic E-state index is 6.32. The Balaban J connectivity index is 2.33. The molecule has 2 aromatic carbocycles. The summed E-state index contributed by atoms with van der Waals surface area (Å²) in [6, 6.07) is 11.2. The highest BCUT2D eigenvalue weighted by Gasteiger charge is 2.11. The minimum absolute atomic E-state index is 0.563. The molecule has 1 heterocycles. The highest BCUT2D eigenvalue weighted by molar-refractivity contribution is 7.71. The van der Waals surface area contributed by atoms with Crippen LogP contribution in [0.4, 0.5) is 0 Å². The third-order valence-corrected chi connectivity index (χ3v) is 3.89. The average molecular weight is 321 g/mol. The summed E-state index contributed by atoms with van der Waals surface area (Å²) in [6.07, 6.45) is 0. The van der Waals surface area contributed by atoms with E-state index in [0.717, 1.165) is 22.5 Å². The number of fused-ring (bicyclic) bond motifs is 1. The van der Waals surface area contributed by atoms with Crippen LogP contribution in [-0.4, -0.2) is 23.8 Å². The molecule has 21 heavy (non-hydrogen) atoms. The van der Waals surface area contributed by atoms with Crippen LogP contribution in [0.1, 0.15) is 0 Å². The number of aromatic nitrogens is 2. The summed E-state index contributed by atoms with van der Waals surface area (Å²) in [4.78, 5) is 3.16. The van der Waals surface area contributed by atoms with Gasteiger partial charge < -0.3 is 14.5 Å². The van der Waals surface area contributed by atoms with Crippen molar-refractivity contribution < 1.29 is 9.47 Å². The lowest BCUT2D eigenvalue weighted by molar-refractivity contribution is 0.414. The highest BCUT2D eigenvalue weighted by atomic mass is 35.5. The lowest BCUT2D eigenvalue weighted by Crippen LogP contribution is -1.96. The summed E-state index contributed by atoms with van der Waals surface area (Å²) in [5.74, 6) is 1.47. The second-order valence-corrected chi connectivity index (χ2v) is 5.26. The van der Waals surface area contributed by atoms with Crippen molar-refractivity contribution >= 4 is 34.9 Å². The standard InChI is InChI=1S/C15H13ClN2O2S/c1-19-9-3-5-11(16)13(7-9)18-14-8-10(20-2)4-6-12(14)17-15(18)21/h3-8H,1-2H3,(H,17,21). The van der Waals surface area contributed by atoms with Gasteiger partial charge in [-0.15, -0.1) is 0 Å². The molecule has 0 aliphatic heterocycles. The Labute approximate surface area is 131 Å². The molecule has 0 atom stereocenters. The van der Waals surface area contributed by atoms with Crippen LogP contribution in [0.2, 0.25) is 5.02 Å². The molecule has 0 amide bonds. The van der Waals surface area contributed by atoms with E-state index in [1.54, 1.807) is 20.3 Å². The molecule has 3 rings (SSSR count). The van der Waals surface area contributed by atoms with Crippen molar-refractivity contribution in [1.82, 2.24) is 9.55 Å². The number of nitrogens with zero attached hydrogens (tertiary/aromatic N) is 1. The highest BCUT2D eigenvalue weighted by Crippen LogP contribution is 2.30. The minimum atomic E-state index is 0.563. The molecule has 0 radical (unpaired) electrons. The molecule has 0 aliphatic carbocycles. The third kappa shape index (κ3) is 2.39. The predicted molar refractivity (Wildman–Crippen MR) is 86.6 cm³/mol. The molecule has 0 spiro atoms. The number of rotatable bonds is 3. The Morgan fingerprint density at radius 2 is 1.71 bits per heavy atom. The summed E-state index contributed by atoms with van der Waals surface area (Å²) in [5.41, 5.74) is 2.58. The number of H-pyrrole nitrogens is 1. The number of hydrogen-bond acceptors (Lipinski definition) is 3. The smallest absolute Gasteiger partial charge is 0.182 e. The summed E-state index contributed by atoms with van der Waals surface area (Å²) in [5, 5.41) is 0.593. The van der Waals surface area contributed by atoms with Crippen molar-refractivity contribution in [3.05, 3.63) is 46.2 Å². The lowest BCUT2D eigenvalue weighted by Gasteiger charge is -2.10. The van der Waals surface area contributed by atoms with Crippen LogP contribution in [0.25, 0.3) is 16.7 Å². The number of nitrogens with one attached hydrogen (secondary N) is 1. The maximum absolute atomic E-state index is 6.32. The fourth-order valence-corrected chi connectivity index (χ4v) is 2.75. The van der Waals surface area contributed by atoms with Gasteiger partial charge in [-0.2, -0.15) is 0 Å². The Kier molecular flexibility index (Phi) is 3.61. The zero-order chi connectivity index (χ0) is 15.0. The van der Waals surface area contributed by atoms with Crippen LogP contribution in [0.5, 0.6) is 11.5 Å². The van der Waals surface area contributed by atoms with E-state index >= 15 is 0 Å². The number of halogens is 1. The van der Waals surface area contributed by atoms with Gasteiger partial charge in [0.2, 0.25) is 0 Å². The largest absolute Gasteiger partial charge is 0.497 e. The zero-order valence-electron chi connectivity index (χ0n) is 11.5. The van der Waals surface area contributed by atoms with Crippen molar-refractivity contribution in [3.8, 4) is 17.2 Å². The molecule has 108 valence electrons. The van der Waals surface area contributed by atoms with E-state index in [1.807, 2.05) is 34.9 Å². The number of hydrogen-bond donors (Lipinski definition) is 1. The molecule has 6 heteroatoms. The summed E-state index contributed by atoms with van der Waals surface area (Å²) < 4.78 is 13.0. The Hall–Kier alpha value is -1.98. The van der Waals surface area contributed by atoms with Crippen molar-refractivity contribution in [3.63, 3.8) is 0 Å². The topological polar surface area (TPSA) is 39.2 Å². The Bertz CT molecular complexity index is 870. The first-order valence-corrected chi connectivity index (χ1v) is 7.05. The van der Waals surface area contributed by atoms with Gasteiger partial charge in [0.05, 0.1) is 36.0 Å². The molecule has 0 saturated heterocycles. The number of aromatic amines is 1. The van der Waals surface area contributed by atoms with E-state index in [2.05, 4.69) is 4.98 Å². The van der Waals surface area contributed by atoms with Gasteiger partial charge in [0.25, 0.3) is 0 Å². The fourth-order valence-electron chi connectivity index (χ4n) is 2.24. The van der Waals surface area contributed by atoms with Gasteiger partial charge in [0.15, 0.2) is 4.77 Å². The van der Waals surface area contributed by atoms with Gasteiger partial charge >= 0.3 is 0 Å².